The predicted octanol–water partition coefficient (Wildman–Crippen LogP) is 0.294. The highest BCUT2D eigenvalue weighted by molar-refractivity contribution is 5.95. The Kier molecular flexibility index (Phi) is 7.24. The van der Waals surface area contributed by atoms with Crippen molar-refractivity contribution in [3.05, 3.63) is 53.1 Å². The van der Waals surface area contributed by atoms with Crippen LogP contribution >= 0.6 is 0 Å². The number of aliphatic hydroxyl groups is 4. The van der Waals surface area contributed by atoms with Gasteiger partial charge in [-0.1, -0.05) is 12.1 Å². The molecule has 2 aromatic rings. The molecule has 0 bridgehead atoms. The van der Waals surface area contributed by atoms with Gasteiger partial charge in [0.15, 0.2) is 0 Å². The fourth-order valence-corrected chi connectivity index (χ4v) is 4.20. The molecule has 2 heterocycles. The van der Waals surface area contributed by atoms with E-state index in [-0.39, 0.29) is 17.1 Å². The maximum atomic E-state index is 12.5. The van der Waals surface area contributed by atoms with Gasteiger partial charge in [0.2, 0.25) is 6.29 Å². The predicted molar refractivity (Wildman–Crippen MR) is 117 cm³/mol. The lowest BCUT2D eigenvalue weighted by Gasteiger charge is -2.39. The van der Waals surface area contributed by atoms with Gasteiger partial charge < -0.3 is 44.5 Å². The second kappa shape index (κ2) is 10.2. The van der Waals surface area contributed by atoms with Crippen LogP contribution in [0.1, 0.15) is 27.9 Å². The van der Waals surface area contributed by atoms with Gasteiger partial charge in [0.25, 0.3) is 0 Å². The molecule has 0 unspecified atom stereocenters. The highest BCUT2D eigenvalue weighted by atomic mass is 16.7. The van der Waals surface area contributed by atoms with Crippen LogP contribution in [0.4, 0.5) is 0 Å². The second-order valence-electron chi connectivity index (χ2n) is 8.41. The average molecular weight is 476 g/mol. The zero-order valence-corrected chi connectivity index (χ0v) is 18.5. The topological polar surface area (TPSA) is 155 Å². The first-order chi connectivity index (χ1) is 16.3. The first-order valence-electron chi connectivity index (χ1n) is 11.0. The van der Waals surface area contributed by atoms with Crippen molar-refractivity contribution in [1.29, 1.82) is 0 Å². The molecule has 0 aromatic heterocycles. The van der Waals surface area contributed by atoms with Crippen molar-refractivity contribution in [1.82, 2.24) is 0 Å². The van der Waals surface area contributed by atoms with E-state index in [1.807, 2.05) is 24.3 Å². The zero-order chi connectivity index (χ0) is 24.4. The molecule has 0 spiro atoms. The number of esters is 1. The number of hydrogen-bond donors (Lipinski definition) is 5. The minimum atomic E-state index is -1.60. The van der Waals surface area contributed by atoms with Crippen LogP contribution in [-0.4, -0.2) is 82.0 Å². The number of aryl methyl sites for hydroxylation is 1. The number of carbonyl (C=O) groups excluding carboxylic acids is 1. The van der Waals surface area contributed by atoms with Crippen LogP contribution in [0.25, 0.3) is 0 Å². The minimum absolute atomic E-state index is 0.0434. The van der Waals surface area contributed by atoms with E-state index in [0.29, 0.717) is 24.8 Å². The van der Waals surface area contributed by atoms with Crippen molar-refractivity contribution in [2.75, 3.05) is 13.7 Å². The normalized spacial score (nSPS) is 28.7. The molecule has 0 amide bonds. The minimum Gasteiger partial charge on any atom is -0.507 e. The average Bonchev–Trinajstić information content (AvgIpc) is 2.83. The Labute approximate surface area is 195 Å². The van der Waals surface area contributed by atoms with Crippen molar-refractivity contribution in [2.24, 2.45) is 0 Å². The molecule has 2 aliphatic rings. The Morgan fingerprint density at radius 3 is 2.44 bits per heavy atom. The lowest BCUT2D eigenvalue weighted by Crippen LogP contribution is -2.60. The maximum absolute atomic E-state index is 12.5. The number of phenolic OH excluding ortho intramolecular Hbond substituents is 1. The Morgan fingerprint density at radius 2 is 1.76 bits per heavy atom. The molecule has 0 aliphatic carbocycles. The summed E-state index contributed by atoms with van der Waals surface area (Å²) in [5.74, 6) is -0.151. The first kappa shape index (κ1) is 24.2. The Balaban J connectivity index is 1.47. The van der Waals surface area contributed by atoms with Crippen molar-refractivity contribution in [3.63, 3.8) is 0 Å². The van der Waals surface area contributed by atoms with Crippen LogP contribution in [0.5, 0.6) is 17.2 Å². The molecule has 0 saturated carbocycles. The van der Waals surface area contributed by atoms with E-state index in [1.165, 1.54) is 12.1 Å². The number of aromatic hydroxyl groups is 1. The number of phenols is 1. The molecule has 6 atom stereocenters. The molecule has 184 valence electrons. The zero-order valence-electron chi connectivity index (χ0n) is 18.5. The summed E-state index contributed by atoms with van der Waals surface area (Å²) in [7, 11) is 1.60. The molecule has 1 saturated heterocycles. The molecule has 10 heteroatoms. The summed E-state index contributed by atoms with van der Waals surface area (Å²) in [6.45, 7) is -0.595. The van der Waals surface area contributed by atoms with Gasteiger partial charge in [0.05, 0.1) is 13.7 Å². The van der Waals surface area contributed by atoms with Crippen LogP contribution in [-0.2, 0) is 22.3 Å². The molecular weight excluding hydrogens is 448 g/mol. The maximum Gasteiger partial charge on any atom is 0.342 e. The summed E-state index contributed by atoms with van der Waals surface area (Å²) in [5, 5.41) is 49.8. The summed E-state index contributed by atoms with van der Waals surface area (Å²) >= 11 is 0. The van der Waals surface area contributed by atoms with E-state index in [1.54, 1.807) is 7.11 Å². The Hall–Kier alpha value is -2.89. The third-order valence-electron chi connectivity index (χ3n) is 6.11. The van der Waals surface area contributed by atoms with Crippen LogP contribution in [0.2, 0.25) is 0 Å². The molecule has 0 radical (unpaired) electrons. The van der Waals surface area contributed by atoms with Crippen LogP contribution in [0, 0.1) is 0 Å². The highest BCUT2D eigenvalue weighted by Gasteiger charge is 2.45. The monoisotopic (exact) mass is 476 g/mol. The molecule has 2 aliphatic heterocycles. The molecule has 2 aromatic carbocycles. The standard InChI is InChI=1S/C24H28O10/c1-31-14-5-2-12(3-6-14)4-7-15-8-13-9-16(10-17(26)19(13)23(30)32-15)33-24-22(29)21(28)20(27)18(11-25)34-24/h2-3,5-6,9-10,15,18,20-22,24-29H,4,7-8,11H2,1H3/t15-,18-,20+,21-,22-,24+/m1/s1. The number of rotatable bonds is 7. The lowest BCUT2D eigenvalue weighted by molar-refractivity contribution is -0.277. The van der Waals surface area contributed by atoms with Gasteiger partial charge in [-0.05, 0) is 42.2 Å². The third kappa shape index (κ3) is 4.96. The van der Waals surface area contributed by atoms with E-state index in [0.717, 1.165) is 11.3 Å². The molecular formula is C24H28O10. The van der Waals surface area contributed by atoms with Gasteiger partial charge >= 0.3 is 5.97 Å². The summed E-state index contributed by atoms with van der Waals surface area (Å²) in [5.41, 5.74) is 1.61. The molecule has 34 heavy (non-hydrogen) atoms. The van der Waals surface area contributed by atoms with Crippen molar-refractivity contribution < 1.29 is 49.3 Å². The third-order valence-corrected chi connectivity index (χ3v) is 6.11. The van der Waals surface area contributed by atoms with Gasteiger partial charge in [0.1, 0.15) is 53.3 Å². The van der Waals surface area contributed by atoms with E-state index >= 15 is 0 Å². The number of ether oxygens (including phenoxy) is 4. The van der Waals surface area contributed by atoms with E-state index < -0.39 is 49.4 Å². The smallest absolute Gasteiger partial charge is 0.342 e. The number of methoxy groups -OCH3 is 1. The Morgan fingerprint density at radius 1 is 1.03 bits per heavy atom. The summed E-state index contributed by atoms with van der Waals surface area (Å²) < 4.78 is 21.6. The van der Waals surface area contributed by atoms with Crippen LogP contribution in [0.15, 0.2) is 36.4 Å². The number of hydrogen-bond acceptors (Lipinski definition) is 10. The van der Waals surface area contributed by atoms with Crippen molar-refractivity contribution in [3.8, 4) is 17.2 Å². The first-order valence-corrected chi connectivity index (χ1v) is 11.0. The summed E-state index contributed by atoms with van der Waals surface area (Å²) in [6, 6.07) is 10.3. The molecule has 10 nitrogen and oxygen atoms in total. The summed E-state index contributed by atoms with van der Waals surface area (Å²) in [4.78, 5) is 12.5. The molecule has 1 fully saturated rings. The van der Waals surface area contributed by atoms with Gasteiger partial charge in [-0.3, -0.25) is 0 Å². The number of aliphatic hydroxyl groups excluding tert-OH is 4. The SMILES string of the molecule is COc1ccc(CC[C@@H]2Cc3cc(O[C@H]4O[C@H](CO)[C@H](O)[C@@H](O)[C@H]4O)cc(O)c3C(=O)O2)cc1. The lowest BCUT2D eigenvalue weighted by atomic mass is 9.94. The van der Waals surface area contributed by atoms with Gasteiger partial charge in [0, 0.05) is 12.5 Å². The van der Waals surface area contributed by atoms with Gasteiger partial charge in [-0.15, -0.1) is 0 Å². The van der Waals surface area contributed by atoms with Crippen molar-refractivity contribution >= 4 is 5.97 Å². The number of fused-ring (bicyclic) bond motifs is 1. The van der Waals surface area contributed by atoms with Crippen molar-refractivity contribution in [2.45, 2.75) is 56.1 Å². The van der Waals surface area contributed by atoms with Crippen LogP contribution < -0.4 is 9.47 Å². The van der Waals surface area contributed by atoms with Gasteiger partial charge in [-0.2, -0.15) is 0 Å². The Bertz CT molecular complexity index is 1010. The fourth-order valence-electron chi connectivity index (χ4n) is 4.20. The number of carbonyl (C=O) groups is 1. The molecule has 5 N–H and O–H groups in total. The highest BCUT2D eigenvalue weighted by Crippen LogP contribution is 2.35. The van der Waals surface area contributed by atoms with E-state index in [2.05, 4.69) is 0 Å². The largest absolute Gasteiger partial charge is 0.507 e. The number of cyclic esters (lactones) is 1. The quantitative estimate of drug-likeness (QED) is 0.352. The second-order valence-corrected chi connectivity index (χ2v) is 8.41. The summed E-state index contributed by atoms with van der Waals surface area (Å²) in [6.07, 6.45) is -6.09. The van der Waals surface area contributed by atoms with Gasteiger partial charge in [-0.25, -0.2) is 4.79 Å². The fraction of sp³-hybridized carbons (Fsp3) is 0.458. The van der Waals surface area contributed by atoms with E-state index in [4.69, 9.17) is 18.9 Å². The molecule has 4 rings (SSSR count). The number of benzene rings is 2. The van der Waals surface area contributed by atoms with E-state index in [9.17, 15) is 30.3 Å². The van der Waals surface area contributed by atoms with Crippen LogP contribution in [0.3, 0.4) is 0 Å².